The van der Waals surface area contributed by atoms with Crippen LogP contribution in [0.15, 0.2) is 53.5 Å². The lowest BCUT2D eigenvalue weighted by Gasteiger charge is -2.10. The number of aliphatic imine (C=N–C) groups is 1. The molecule has 4 rings (SSSR count). The number of sulfone groups is 1. The molecule has 0 saturated carbocycles. The Bertz CT molecular complexity index is 1050. The number of carbonyl (C=O) groups is 1. The topological polar surface area (TPSA) is 96.9 Å². The number of amidine groups is 1. The van der Waals surface area contributed by atoms with Gasteiger partial charge in [-0.15, -0.1) is 0 Å². The third kappa shape index (κ3) is 4.73. The lowest BCUT2D eigenvalue weighted by molar-refractivity contribution is 0.102. The van der Waals surface area contributed by atoms with Gasteiger partial charge in [0, 0.05) is 22.2 Å². The second-order valence-electron chi connectivity index (χ2n) is 6.85. The van der Waals surface area contributed by atoms with Crippen LogP contribution in [0.1, 0.15) is 17.3 Å². The Morgan fingerprint density at radius 2 is 1.97 bits per heavy atom. The van der Waals surface area contributed by atoms with Gasteiger partial charge in [0.15, 0.2) is 15.0 Å². The molecule has 7 nitrogen and oxygen atoms in total. The molecule has 2 heterocycles. The molecule has 2 atom stereocenters. The summed E-state index contributed by atoms with van der Waals surface area (Å²) in [5.41, 5.74) is 1.93. The number of ether oxygens (including phenoxy) is 1. The number of thioether (sulfide) groups is 1. The molecule has 152 valence electrons. The van der Waals surface area contributed by atoms with Gasteiger partial charge in [0.1, 0.15) is 5.75 Å². The van der Waals surface area contributed by atoms with E-state index >= 15 is 0 Å². The van der Waals surface area contributed by atoms with Crippen molar-refractivity contribution in [2.24, 2.45) is 4.99 Å². The molecule has 1 amide bonds. The molecular weight excluding hydrogens is 410 g/mol. The van der Waals surface area contributed by atoms with Crippen LogP contribution in [0.4, 0.5) is 11.4 Å². The molecule has 0 radical (unpaired) electrons. The van der Waals surface area contributed by atoms with Crippen LogP contribution < -0.4 is 15.4 Å². The van der Waals surface area contributed by atoms with E-state index in [9.17, 15) is 13.2 Å². The summed E-state index contributed by atoms with van der Waals surface area (Å²) in [5.74, 6) is 0.813. The number of carbonyl (C=O) groups excluding carboxylic acids is 1. The highest BCUT2D eigenvalue weighted by Crippen LogP contribution is 2.34. The Morgan fingerprint density at radius 3 is 2.69 bits per heavy atom. The van der Waals surface area contributed by atoms with Crippen molar-refractivity contribution in [3.8, 4) is 5.75 Å². The number of nitrogens with one attached hydrogen (secondary N) is 2. The molecule has 2 aliphatic rings. The molecule has 2 aromatic rings. The third-order valence-corrected chi connectivity index (χ3v) is 7.76. The summed E-state index contributed by atoms with van der Waals surface area (Å²) in [6.45, 7) is 2.51. The van der Waals surface area contributed by atoms with Crippen LogP contribution in [0.5, 0.6) is 5.75 Å². The second-order valence-corrected chi connectivity index (χ2v) is 10.2. The molecule has 0 unspecified atom stereocenters. The first-order valence-corrected chi connectivity index (χ1v) is 12.0. The van der Waals surface area contributed by atoms with Crippen molar-refractivity contribution in [2.45, 2.75) is 18.2 Å². The summed E-state index contributed by atoms with van der Waals surface area (Å²) in [6.07, 6.45) is 0. The monoisotopic (exact) mass is 431 g/mol. The van der Waals surface area contributed by atoms with E-state index in [-0.39, 0.29) is 28.7 Å². The highest BCUT2D eigenvalue weighted by molar-refractivity contribution is 8.15. The Morgan fingerprint density at radius 1 is 1.17 bits per heavy atom. The minimum absolute atomic E-state index is 0.0198. The van der Waals surface area contributed by atoms with Crippen molar-refractivity contribution in [1.29, 1.82) is 0 Å². The highest BCUT2D eigenvalue weighted by atomic mass is 32.2. The normalized spacial score (nSPS) is 21.9. The molecule has 9 heteroatoms. The molecule has 2 aliphatic heterocycles. The van der Waals surface area contributed by atoms with Crippen molar-refractivity contribution in [1.82, 2.24) is 0 Å². The van der Waals surface area contributed by atoms with E-state index in [1.54, 1.807) is 30.3 Å². The van der Waals surface area contributed by atoms with E-state index < -0.39 is 9.84 Å². The van der Waals surface area contributed by atoms with E-state index in [2.05, 4.69) is 15.6 Å². The zero-order chi connectivity index (χ0) is 20.4. The molecule has 0 spiro atoms. The van der Waals surface area contributed by atoms with Crippen molar-refractivity contribution in [3.63, 3.8) is 0 Å². The number of anilines is 2. The lowest BCUT2D eigenvalue weighted by Crippen LogP contribution is -2.14. The number of hydrogen-bond donors (Lipinski definition) is 2. The van der Waals surface area contributed by atoms with Crippen LogP contribution in [0, 0.1) is 0 Å². The fourth-order valence-electron chi connectivity index (χ4n) is 3.28. The van der Waals surface area contributed by atoms with Crippen LogP contribution in [-0.4, -0.2) is 48.9 Å². The fraction of sp³-hybridized carbons (Fsp3) is 0.300. The average molecular weight is 432 g/mol. The quantitative estimate of drug-likeness (QED) is 0.755. The van der Waals surface area contributed by atoms with Crippen molar-refractivity contribution >= 4 is 44.0 Å². The number of amides is 1. The maximum atomic E-state index is 12.6. The largest absolute Gasteiger partial charge is 0.494 e. The first-order valence-electron chi connectivity index (χ1n) is 9.28. The highest BCUT2D eigenvalue weighted by Gasteiger charge is 2.42. The first-order chi connectivity index (χ1) is 13.9. The minimum atomic E-state index is -2.97. The third-order valence-electron chi connectivity index (χ3n) is 4.62. The number of nitrogens with zero attached hydrogens (tertiary/aromatic N) is 1. The summed E-state index contributed by atoms with van der Waals surface area (Å²) in [6, 6.07) is 14.1. The smallest absolute Gasteiger partial charge is 0.255 e. The van der Waals surface area contributed by atoms with Crippen molar-refractivity contribution in [3.05, 3.63) is 54.1 Å². The van der Waals surface area contributed by atoms with Crippen LogP contribution in [0.3, 0.4) is 0 Å². The molecule has 1 saturated heterocycles. The Hall–Kier alpha value is -2.52. The maximum Gasteiger partial charge on any atom is 0.255 e. The van der Waals surface area contributed by atoms with Gasteiger partial charge in [-0.25, -0.2) is 8.42 Å². The summed E-state index contributed by atoms with van der Waals surface area (Å²) < 4.78 is 28.8. The first kappa shape index (κ1) is 19.8. The Labute approximate surface area is 173 Å². The van der Waals surface area contributed by atoms with E-state index in [0.29, 0.717) is 23.0 Å². The molecule has 0 aromatic heterocycles. The maximum absolute atomic E-state index is 12.6. The summed E-state index contributed by atoms with van der Waals surface area (Å²) in [5, 5.41) is 6.74. The van der Waals surface area contributed by atoms with Gasteiger partial charge >= 0.3 is 0 Å². The number of benzene rings is 2. The van der Waals surface area contributed by atoms with Gasteiger partial charge < -0.3 is 15.4 Å². The summed E-state index contributed by atoms with van der Waals surface area (Å²) >= 11 is 1.45. The van der Waals surface area contributed by atoms with Gasteiger partial charge in [0.05, 0.1) is 24.2 Å². The second kappa shape index (κ2) is 8.08. The predicted octanol–water partition coefficient (Wildman–Crippen LogP) is 3.02. The van der Waals surface area contributed by atoms with Crippen LogP contribution in [0.25, 0.3) is 0 Å². The minimum Gasteiger partial charge on any atom is -0.494 e. The van der Waals surface area contributed by atoms with Gasteiger partial charge in [0.25, 0.3) is 5.91 Å². The predicted molar refractivity (Wildman–Crippen MR) is 117 cm³/mol. The Balaban J connectivity index is 1.40. The molecule has 1 fully saturated rings. The van der Waals surface area contributed by atoms with Crippen molar-refractivity contribution in [2.75, 3.05) is 28.7 Å². The van der Waals surface area contributed by atoms with Crippen molar-refractivity contribution < 1.29 is 17.9 Å². The summed E-state index contributed by atoms with van der Waals surface area (Å²) in [4.78, 5) is 17.1. The SMILES string of the molecule is CCOc1ccc(NC(=O)c2cccc(NC3=N[C@@H]4CS(=O)(=O)C[C@@H]4S3)c2)cc1. The van der Waals surface area contributed by atoms with Crippen LogP contribution in [-0.2, 0) is 9.84 Å². The zero-order valence-electron chi connectivity index (χ0n) is 15.8. The van der Waals surface area contributed by atoms with Crippen LogP contribution >= 0.6 is 11.8 Å². The van der Waals surface area contributed by atoms with Gasteiger partial charge in [-0.1, -0.05) is 17.8 Å². The van der Waals surface area contributed by atoms with Crippen LogP contribution in [0.2, 0.25) is 0 Å². The molecule has 0 aliphatic carbocycles. The molecular formula is C20H21N3O4S2. The lowest BCUT2D eigenvalue weighted by atomic mass is 10.2. The van der Waals surface area contributed by atoms with E-state index in [1.807, 2.05) is 25.1 Å². The van der Waals surface area contributed by atoms with Gasteiger partial charge in [-0.05, 0) is 49.4 Å². The Kier molecular flexibility index (Phi) is 5.51. The van der Waals surface area contributed by atoms with Gasteiger partial charge in [-0.3, -0.25) is 9.79 Å². The number of rotatable bonds is 5. The van der Waals surface area contributed by atoms with E-state index in [4.69, 9.17) is 4.74 Å². The molecule has 2 N–H and O–H groups in total. The fourth-order valence-corrected chi connectivity index (χ4v) is 6.96. The summed E-state index contributed by atoms with van der Waals surface area (Å²) in [7, 11) is -2.97. The molecule has 0 bridgehead atoms. The molecule has 29 heavy (non-hydrogen) atoms. The standard InChI is InChI=1S/C20H21N3O4S2/c1-2-27-16-8-6-14(7-9-16)21-19(24)13-4-3-5-15(10-13)22-20-23-17-11-29(25,26)12-18(17)28-20/h3-10,17-18H,2,11-12H2,1H3,(H,21,24)(H,22,23)/t17-,18+/m1/s1. The van der Waals surface area contributed by atoms with E-state index in [0.717, 1.165) is 11.4 Å². The van der Waals surface area contributed by atoms with E-state index in [1.165, 1.54) is 11.8 Å². The number of fused-ring (bicyclic) bond motifs is 1. The zero-order valence-corrected chi connectivity index (χ0v) is 17.4. The average Bonchev–Trinajstić information content (AvgIpc) is 3.16. The van der Waals surface area contributed by atoms with Gasteiger partial charge in [0.2, 0.25) is 0 Å². The van der Waals surface area contributed by atoms with Gasteiger partial charge in [-0.2, -0.15) is 0 Å². The molecule has 2 aromatic carbocycles. The number of hydrogen-bond acceptors (Lipinski definition) is 7.